The average Bonchev–Trinajstić information content (AvgIpc) is 3.44. The lowest BCUT2D eigenvalue weighted by Crippen LogP contribution is -2.30. The Bertz CT molecular complexity index is 1630. The summed E-state index contributed by atoms with van der Waals surface area (Å²) in [6.45, 7) is 11.6. The maximum Gasteiger partial charge on any atom is 0.472 e. The molecule has 486 valence electrons. The molecule has 0 saturated carbocycles. The Morgan fingerprint density at radius 1 is 0.329 bits per heavy atom. The standard InChI is InChI=1S/C63H122O17P2/c1-8-9-10-11-12-16-22-30-37-44-60(65)73-51-59(80-63(68)47-40-33-26-25-29-36-43-56(6)7)53-78-82(71,72)76-49-57(64)48-75-81(69,70)77-52-58(50-74-61(66)45-38-31-24-19-21-28-35-42-55(4)5)79-62(67)46-39-32-23-18-15-13-14-17-20-27-34-41-54(2)3/h54-59,64H,8-53H2,1-7H3,(H,69,70)(H,71,72)/t57-,58-,59-/m1/s1. The number of unbranched alkanes of at least 4 members (excludes halogenated alkanes) is 29. The summed E-state index contributed by atoms with van der Waals surface area (Å²) in [4.78, 5) is 72.1. The molecule has 0 heterocycles. The van der Waals surface area contributed by atoms with Crippen molar-refractivity contribution in [3.8, 4) is 0 Å². The third-order valence-electron chi connectivity index (χ3n) is 14.4. The van der Waals surface area contributed by atoms with Crippen LogP contribution in [0.2, 0.25) is 0 Å². The second-order valence-corrected chi connectivity index (χ2v) is 27.1. The number of aliphatic hydroxyl groups excluding tert-OH is 1. The minimum Gasteiger partial charge on any atom is -0.462 e. The van der Waals surface area contributed by atoms with Crippen molar-refractivity contribution in [3.05, 3.63) is 0 Å². The molecule has 0 saturated heterocycles. The summed E-state index contributed by atoms with van der Waals surface area (Å²) < 4.78 is 67.9. The molecule has 0 aliphatic rings. The van der Waals surface area contributed by atoms with Crippen molar-refractivity contribution >= 4 is 39.5 Å². The van der Waals surface area contributed by atoms with E-state index in [-0.39, 0.29) is 25.7 Å². The Hall–Kier alpha value is -1.94. The second-order valence-electron chi connectivity index (χ2n) is 24.2. The molecule has 19 heteroatoms. The fraction of sp³-hybridized carbons (Fsp3) is 0.937. The van der Waals surface area contributed by atoms with Gasteiger partial charge < -0.3 is 33.8 Å². The molecule has 0 aliphatic carbocycles. The van der Waals surface area contributed by atoms with E-state index in [1.807, 2.05) is 0 Å². The van der Waals surface area contributed by atoms with Gasteiger partial charge in [-0.15, -0.1) is 0 Å². The smallest absolute Gasteiger partial charge is 0.462 e. The van der Waals surface area contributed by atoms with E-state index in [2.05, 4.69) is 48.5 Å². The van der Waals surface area contributed by atoms with Crippen LogP contribution in [-0.4, -0.2) is 96.7 Å². The maximum atomic E-state index is 13.0. The van der Waals surface area contributed by atoms with Crippen LogP contribution in [0.5, 0.6) is 0 Å². The summed E-state index contributed by atoms with van der Waals surface area (Å²) in [5.41, 5.74) is 0. The Labute approximate surface area is 498 Å². The van der Waals surface area contributed by atoms with Gasteiger partial charge in [-0.1, -0.05) is 254 Å². The van der Waals surface area contributed by atoms with Gasteiger partial charge in [-0.25, -0.2) is 9.13 Å². The van der Waals surface area contributed by atoms with E-state index in [4.69, 9.17) is 37.0 Å². The van der Waals surface area contributed by atoms with Gasteiger partial charge >= 0.3 is 39.5 Å². The van der Waals surface area contributed by atoms with Crippen LogP contribution in [0.3, 0.4) is 0 Å². The molecule has 2 unspecified atom stereocenters. The summed E-state index contributed by atoms with van der Waals surface area (Å²) in [7, 11) is -9.88. The molecule has 5 atom stereocenters. The molecule has 0 aromatic carbocycles. The topological polar surface area (TPSA) is 237 Å². The van der Waals surface area contributed by atoms with Gasteiger partial charge in [-0.05, 0) is 43.4 Å². The minimum absolute atomic E-state index is 0.102. The van der Waals surface area contributed by atoms with Gasteiger partial charge in [0.15, 0.2) is 12.2 Å². The largest absolute Gasteiger partial charge is 0.472 e. The lowest BCUT2D eigenvalue weighted by atomic mass is 10.0. The van der Waals surface area contributed by atoms with E-state index in [9.17, 15) is 43.2 Å². The zero-order chi connectivity index (χ0) is 61.0. The summed E-state index contributed by atoms with van der Waals surface area (Å²) in [5.74, 6) is -0.00274. The van der Waals surface area contributed by atoms with Gasteiger partial charge in [0.2, 0.25) is 0 Å². The number of phosphoric acid groups is 2. The van der Waals surface area contributed by atoms with Crippen molar-refractivity contribution in [2.24, 2.45) is 17.8 Å². The van der Waals surface area contributed by atoms with Crippen LogP contribution < -0.4 is 0 Å². The number of esters is 4. The molecule has 0 aromatic heterocycles. The number of hydrogen-bond acceptors (Lipinski definition) is 15. The number of hydrogen-bond donors (Lipinski definition) is 3. The van der Waals surface area contributed by atoms with Crippen LogP contribution in [0.15, 0.2) is 0 Å². The molecule has 0 bridgehead atoms. The van der Waals surface area contributed by atoms with Crippen LogP contribution in [0, 0.1) is 17.8 Å². The van der Waals surface area contributed by atoms with E-state index >= 15 is 0 Å². The number of rotatable bonds is 61. The fourth-order valence-corrected chi connectivity index (χ4v) is 10.9. The first kappa shape index (κ1) is 80.1. The molecule has 0 rings (SSSR count). The average molecular weight is 1210 g/mol. The first-order valence-electron chi connectivity index (χ1n) is 32.8. The van der Waals surface area contributed by atoms with Gasteiger partial charge in [-0.2, -0.15) is 0 Å². The Balaban J connectivity index is 5.23. The van der Waals surface area contributed by atoms with Gasteiger partial charge in [0.1, 0.15) is 19.3 Å². The van der Waals surface area contributed by atoms with Crippen LogP contribution in [0.1, 0.15) is 305 Å². The number of phosphoric ester groups is 2. The third-order valence-corrected chi connectivity index (χ3v) is 16.3. The zero-order valence-electron chi connectivity index (χ0n) is 52.9. The lowest BCUT2D eigenvalue weighted by Gasteiger charge is -2.21. The molecule has 82 heavy (non-hydrogen) atoms. The van der Waals surface area contributed by atoms with Crippen molar-refractivity contribution in [2.45, 2.75) is 324 Å². The van der Waals surface area contributed by atoms with Crippen LogP contribution in [-0.2, 0) is 65.4 Å². The van der Waals surface area contributed by atoms with E-state index in [1.54, 1.807) is 0 Å². The number of carbonyl (C=O) groups is 4. The molecule has 0 radical (unpaired) electrons. The third kappa shape index (κ3) is 57.2. The lowest BCUT2D eigenvalue weighted by molar-refractivity contribution is -0.161. The quantitative estimate of drug-likeness (QED) is 0.0222. The van der Waals surface area contributed by atoms with Gasteiger partial charge in [0.25, 0.3) is 0 Å². The predicted octanol–water partition coefficient (Wildman–Crippen LogP) is 17.1. The number of aliphatic hydroxyl groups is 1. The van der Waals surface area contributed by atoms with E-state index in [0.717, 1.165) is 102 Å². The fourth-order valence-electron chi connectivity index (χ4n) is 9.30. The highest BCUT2D eigenvalue weighted by atomic mass is 31.2. The maximum absolute atomic E-state index is 13.0. The SMILES string of the molecule is CCCCCCCCCCCC(=O)OC[C@H](COP(=O)(O)OC[C@H](O)COP(=O)(O)OC[C@@H](COC(=O)CCCCCCCCCC(C)C)OC(=O)CCCCCCCCCCCCCC(C)C)OC(=O)CCCCCCCCC(C)C. The highest BCUT2D eigenvalue weighted by Crippen LogP contribution is 2.45. The minimum atomic E-state index is -4.94. The molecular weight excluding hydrogens is 1090 g/mol. The molecule has 0 aromatic rings. The highest BCUT2D eigenvalue weighted by Gasteiger charge is 2.30. The Morgan fingerprint density at radius 2 is 0.561 bits per heavy atom. The summed E-state index contributed by atoms with van der Waals surface area (Å²) in [6, 6.07) is 0. The van der Waals surface area contributed by atoms with Crippen LogP contribution >= 0.6 is 15.6 Å². The molecule has 0 aliphatic heterocycles. The van der Waals surface area contributed by atoms with Crippen molar-refractivity contribution < 1.29 is 80.2 Å². The first-order valence-corrected chi connectivity index (χ1v) is 35.8. The summed E-state index contributed by atoms with van der Waals surface area (Å²) in [5, 5.41) is 10.5. The normalized spacial score (nSPS) is 14.4. The number of ether oxygens (including phenoxy) is 4. The number of carbonyl (C=O) groups excluding carboxylic acids is 4. The van der Waals surface area contributed by atoms with Crippen molar-refractivity contribution in [1.82, 2.24) is 0 Å². The molecule has 0 spiro atoms. The molecule has 0 amide bonds. The molecule has 17 nitrogen and oxygen atoms in total. The zero-order valence-corrected chi connectivity index (χ0v) is 54.7. The van der Waals surface area contributed by atoms with Crippen molar-refractivity contribution in [1.29, 1.82) is 0 Å². The monoisotopic (exact) mass is 1210 g/mol. The Kier molecular flexibility index (Phi) is 53.2. The van der Waals surface area contributed by atoms with E-state index in [1.165, 1.54) is 109 Å². The molecular formula is C63H122O17P2. The van der Waals surface area contributed by atoms with Crippen molar-refractivity contribution in [3.63, 3.8) is 0 Å². The van der Waals surface area contributed by atoms with Gasteiger partial charge in [0.05, 0.1) is 26.4 Å². The highest BCUT2D eigenvalue weighted by molar-refractivity contribution is 7.47. The van der Waals surface area contributed by atoms with Crippen molar-refractivity contribution in [2.75, 3.05) is 39.6 Å². The molecule has 3 N–H and O–H groups in total. The van der Waals surface area contributed by atoms with E-state index in [0.29, 0.717) is 37.5 Å². The second kappa shape index (κ2) is 54.5. The van der Waals surface area contributed by atoms with Crippen LogP contribution in [0.25, 0.3) is 0 Å². The molecule has 0 fully saturated rings. The van der Waals surface area contributed by atoms with Crippen LogP contribution in [0.4, 0.5) is 0 Å². The van der Waals surface area contributed by atoms with E-state index < -0.39 is 97.5 Å². The van der Waals surface area contributed by atoms with Gasteiger partial charge in [-0.3, -0.25) is 37.3 Å². The predicted molar refractivity (Wildman–Crippen MR) is 326 cm³/mol. The summed E-state index contributed by atoms with van der Waals surface area (Å²) >= 11 is 0. The van der Waals surface area contributed by atoms with Gasteiger partial charge in [0, 0.05) is 25.7 Å². The first-order chi connectivity index (χ1) is 39.2. The Morgan fingerprint density at radius 3 is 0.829 bits per heavy atom. The summed E-state index contributed by atoms with van der Waals surface area (Å²) in [6.07, 6.45) is 35.1.